The van der Waals surface area contributed by atoms with Gasteiger partial charge in [-0.3, -0.25) is 0 Å². The van der Waals surface area contributed by atoms with E-state index in [1.54, 1.807) is 0 Å². The Morgan fingerprint density at radius 3 is 1.09 bits per heavy atom. The molecule has 2 radical (unpaired) electrons. The Bertz CT molecular complexity index is 1630. The van der Waals surface area contributed by atoms with E-state index in [4.69, 9.17) is 0 Å². The van der Waals surface area contributed by atoms with E-state index in [1.165, 1.54) is 66.1 Å². The quantitative estimate of drug-likeness (QED) is 0.125. The molecule has 0 spiro atoms. The smallest absolute Gasteiger partial charge is 0.358 e. The zero-order valence-electron chi connectivity index (χ0n) is 30.4. The molecule has 0 aliphatic heterocycles. The van der Waals surface area contributed by atoms with Crippen LogP contribution >= 0.6 is 0 Å². The summed E-state index contributed by atoms with van der Waals surface area (Å²) in [5, 5.41) is 5.38. The monoisotopic (exact) mass is 700 g/mol. The summed E-state index contributed by atoms with van der Waals surface area (Å²) in [4.78, 5) is 0. The van der Waals surface area contributed by atoms with Gasteiger partial charge in [0, 0.05) is 9.52 Å². The third kappa shape index (κ3) is 10.1. The van der Waals surface area contributed by atoms with Crippen molar-refractivity contribution in [3.8, 4) is 22.3 Å². The first-order chi connectivity index (χ1) is 20.3. The van der Waals surface area contributed by atoms with Gasteiger partial charge in [-0.05, 0) is 33.1 Å². The predicted molar refractivity (Wildman–Crippen MR) is 207 cm³/mol. The van der Waals surface area contributed by atoms with E-state index in [1.807, 2.05) is 0 Å². The van der Waals surface area contributed by atoms with Crippen molar-refractivity contribution in [2.75, 3.05) is 0 Å². The van der Waals surface area contributed by atoms with Gasteiger partial charge in [-0.1, -0.05) is 140 Å². The molecule has 0 aliphatic carbocycles. The molecule has 0 fully saturated rings. The maximum atomic E-state index is 2.28. The van der Waals surface area contributed by atoms with E-state index in [-0.39, 0.29) is 51.9 Å². The second-order valence-electron chi connectivity index (χ2n) is 13.8. The Morgan fingerprint density at radius 2 is 0.804 bits per heavy atom. The Labute approximate surface area is 303 Å². The van der Waals surface area contributed by atoms with Crippen molar-refractivity contribution >= 4 is 31.1 Å². The maximum absolute atomic E-state index is 2.28. The van der Waals surface area contributed by atoms with Gasteiger partial charge in [-0.15, -0.1) is 69.1 Å². The standard InChI is InChI=1S/2C20H21.C2H6Si.2CH3.Zr/c2*1-14-12-16-6-5-7-18(19(16)13-14)15-8-10-17(11-9-15)20(2,3)4;1-3-2;;;/h2*5-13H,1-4H3;1-2H3;2*1H3;/q2*-1;;2*-1;+4. The minimum absolute atomic E-state index is 0. The van der Waals surface area contributed by atoms with Crippen LogP contribution in [0.5, 0.6) is 0 Å². The summed E-state index contributed by atoms with van der Waals surface area (Å²) in [5.74, 6) is 0. The molecule has 0 saturated heterocycles. The summed E-state index contributed by atoms with van der Waals surface area (Å²) >= 11 is 0. The van der Waals surface area contributed by atoms with Crippen LogP contribution in [0.4, 0.5) is 0 Å². The molecule has 0 N–H and O–H groups in total. The Morgan fingerprint density at radius 1 is 0.500 bits per heavy atom. The third-order valence-corrected chi connectivity index (χ3v) is 7.91. The number of hydrogen-bond acceptors (Lipinski definition) is 0. The Kier molecular flexibility index (Phi) is 15.6. The van der Waals surface area contributed by atoms with Crippen molar-refractivity contribution in [3.05, 3.63) is 146 Å². The second-order valence-corrected chi connectivity index (χ2v) is 14.8. The zero-order chi connectivity index (χ0) is 31.4. The summed E-state index contributed by atoms with van der Waals surface area (Å²) in [6.07, 6.45) is 0. The van der Waals surface area contributed by atoms with Crippen LogP contribution in [0, 0.1) is 28.7 Å². The number of benzene rings is 4. The van der Waals surface area contributed by atoms with Gasteiger partial charge < -0.3 is 14.9 Å². The van der Waals surface area contributed by atoms with Crippen LogP contribution in [-0.2, 0) is 37.0 Å². The van der Waals surface area contributed by atoms with Crippen LogP contribution in [0.25, 0.3) is 43.8 Å². The molecule has 0 heterocycles. The fraction of sp³-hybridized carbons (Fsp3) is 0.273. The fourth-order valence-corrected chi connectivity index (χ4v) is 5.57. The van der Waals surface area contributed by atoms with Gasteiger partial charge in [0.25, 0.3) is 0 Å². The van der Waals surface area contributed by atoms with E-state index in [2.05, 4.69) is 178 Å². The van der Waals surface area contributed by atoms with Gasteiger partial charge in [0.1, 0.15) is 0 Å². The van der Waals surface area contributed by atoms with Gasteiger partial charge >= 0.3 is 26.2 Å². The van der Waals surface area contributed by atoms with E-state index in [0.29, 0.717) is 0 Å². The molecule has 2 heteroatoms. The van der Waals surface area contributed by atoms with Crippen LogP contribution in [0.3, 0.4) is 0 Å². The molecule has 46 heavy (non-hydrogen) atoms. The molecular formula is C44H54SiZr. The largest absolute Gasteiger partial charge is 4.00 e. The molecule has 0 aliphatic rings. The molecule has 6 rings (SSSR count). The second kappa shape index (κ2) is 17.4. The molecule has 6 aromatic rings. The predicted octanol–water partition coefficient (Wildman–Crippen LogP) is 13.3. The summed E-state index contributed by atoms with van der Waals surface area (Å²) in [6.45, 7) is 22.1. The fourth-order valence-electron chi connectivity index (χ4n) is 5.57. The topological polar surface area (TPSA) is 0 Å². The van der Waals surface area contributed by atoms with Crippen molar-refractivity contribution in [2.24, 2.45) is 0 Å². The average molecular weight is 702 g/mol. The molecular weight excluding hydrogens is 648 g/mol. The van der Waals surface area contributed by atoms with Gasteiger partial charge in [0.05, 0.1) is 0 Å². The number of hydrogen-bond donors (Lipinski definition) is 0. The summed E-state index contributed by atoms with van der Waals surface area (Å²) in [5.41, 5.74) is 11.1. The third-order valence-electron chi connectivity index (χ3n) is 7.91. The summed E-state index contributed by atoms with van der Waals surface area (Å²) in [7, 11) is 1.08. The van der Waals surface area contributed by atoms with Crippen molar-refractivity contribution < 1.29 is 26.2 Å². The first kappa shape index (κ1) is 41.2. The molecule has 6 aromatic carbocycles. The summed E-state index contributed by atoms with van der Waals surface area (Å²) in [6, 6.07) is 40.2. The van der Waals surface area contributed by atoms with E-state index < -0.39 is 0 Å². The molecule has 0 aromatic heterocycles. The van der Waals surface area contributed by atoms with Gasteiger partial charge in [0.15, 0.2) is 0 Å². The van der Waals surface area contributed by atoms with Gasteiger partial charge in [-0.2, -0.15) is 12.1 Å². The molecule has 0 amide bonds. The van der Waals surface area contributed by atoms with Crippen molar-refractivity contribution in [2.45, 2.75) is 79.3 Å². The van der Waals surface area contributed by atoms with Crippen molar-refractivity contribution in [3.63, 3.8) is 0 Å². The minimum Gasteiger partial charge on any atom is -0.358 e. The Hall–Kier alpha value is -2.80. The Balaban J connectivity index is 0.000000400. The van der Waals surface area contributed by atoms with Crippen LogP contribution in [-0.4, -0.2) is 9.52 Å². The molecule has 238 valence electrons. The average Bonchev–Trinajstić information content (AvgIpc) is 3.53. The summed E-state index contributed by atoms with van der Waals surface area (Å²) < 4.78 is 0. The SMILES string of the molecule is C[Si]C.Cc1cc2c(-c3ccc(C(C)(C)C)cc3)cccc2[cH-]1.Cc1cc2c(-c3ccc(C(C)(C)C)cc3)cccc2[cH-]1.[CH3-].[CH3-].[Zr+4]. The maximum Gasteiger partial charge on any atom is 4.00 e. The molecule has 0 saturated carbocycles. The minimum atomic E-state index is 0. The molecule has 0 bridgehead atoms. The van der Waals surface area contributed by atoms with Gasteiger partial charge in [0.2, 0.25) is 0 Å². The molecule has 0 atom stereocenters. The number of rotatable bonds is 2. The van der Waals surface area contributed by atoms with Crippen LogP contribution in [0.1, 0.15) is 63.8 Å². The first-order valence-corrected chi connectivity index (χ1v) is 17.4. The number of aryl methyl sites for hydroxylation is 2. The van der Waals surface area contributed by atoms with Crippen molar-refractivity contribution in [1.82, 2.24) is 0 Å². The molecule has 0 nitrogen and oxygen atoms in total. The van der Waals surface area contributed by atoms with Crippen LogP contribution < -0.4 is 0 Å². The van der Waals surface area contributed by atoms with E-state index in [9.17, 15) is 0 Å². The molecule has 0 unspecified atom stereocenters. The van der Waals surface area contributed by atoms with Crippen LogP contribution in [0.15, 0.2) is 109 Å². The normalized spacial score (nSPS) is 10.8. The first-order valence-electron chi connectivity index (χ1n) is 15.4. The number of fused-ring (bicyclic) bond motifs is 2. The van der Waals surface area contributed by atoms with Crippen molar-refractivity contribution in [1.29, 1.82) is 0 Å². The zero-order valence-corrected chi connectivity index (χ0v) is 33.9. The van der Waals surface area contributed by atoms with Gasteiger partial charge in [-0.25, -0.2) is 0 Å². The van der Waals surface area contributed by atoms with E-state index in [0.717, 1.165) is 9.52 Å². The van der Waals surface area contributed by atoms with Crippen LogP contribution in [0.2, 0.25) is 13.1 Å². The van der Waals surface area contributed by atoms with E-state index >= 15 is 0 Å².